The van der Waals surface area contributed by atoms with Crippen molar-refractivity contribution in [3.05, 3.63) is 48.6 Å². The van der Waals surface area contributed by atoms with Crippen LogP contribution in [0.15, 0.2) is 48.6 Å². The Morgan fingerprint density at radius 2 is 0.581 bits per heavy atom. The van der Waals surface area contributed by atoms with Gasteiger partial charge in [0.1, 0.15) is 13.2 Å². The molecular weight excluding hydrogens is 769 g/mol. The number of ether oxygens (including phenoxy) is 3. The van der Waals surface area contributed by atoms with Gasteiger partial charge < -0.3 is 14.2 Å². The summed E-state index contributed by atoms with van der Waals surface area (Å²) in [5.41, 5.74) is 0. The fourth-order valence-corrected chi connectivity index (χ4v) is 7.48. The average Bonchev–Trinajstić information content (AvgIpc) is 3.27. The van der Waals surface area contributed by atoms with Crippen molar-refractivity contribution >= 4 is 17.9 Å². The number of unbranched alkanes of at least 4 members (excludes halogenated alkanes) is 30. The Bertz CT molecular complexity index is 1090. The number of hydrogen-bond donors (Lipinski definition) is 0. The van der Waals surface area contributed by atoms with Gasteiger partial charge in [-0.05, 0) is 96.3 Å². The molecule has 0 N–H and O–H groups in total. The Labute approximate surface area is 384 Å². The molecule has 1 atom stereocenters. The minimum atomic E-state index is -0.789. The maximum atomic E-state index is 12.8. The van der Waals surface area contributed by atoms with Crippen molar-refractivity contribution in [3.8, 4) is 0 Å². The Hall–Kier alpha value is -2.63. The second kappa shape index (κ2) is 51.0. The van der Waals surface area contributed by atoms with Gasteiger partial charge in [0.25, 0.3) is 0 Å². The van der Waals surface area contributed by atoms with Gasteiger partial charge in [-0.15, -0.1) is 0 Å². The zero-order valence-electron chi connectivity index (χ0n) is 41.1. The second-order valence-electron chi connectivity index (χ2n) is 17.8. The topological polar surface area (TPSA) is 78.9 Å². The van der Waals surface area contributed by atoms with Crippen LogP contribution in [-0.2, 0) is 28.6 Å². The van der Waals surface area contributed by atoms with Crippen molar-refractivity contribution in [2.75, 3.05) is 13.2 Å². The molecule has 0 saturated heterocycles. The van der Waals surface area contributed by atoms with Crippen LogP contribution in [0.3, 0.4) is 0 Å². The molecule has 1 unspecified atom stereocenters. The van der Waals surface area contributed by atoms with Crippen LogP contribution in [0.5, 0.6) is 0 Å². The molecule has 0 heterocycles. The lowest BCUT2D eigenvalue weighted by Crippen LogP contribution is -2.30. The first kappa shape index (κ1) is 59.4. The highest BCUT2D eigenvalue weighted by molar-refractivity contribution is 5.71. The standard InChI is InChI=1S/C56H100O6/c1-4-7-10-13-16-19-22-25-27-28-29-30-32-34-37-40-43-46-49-55(58)61-52-53(51-60-54(57)48-45-42-39-36-33-24-21-18-15-12-9-6-3)62-56(59)50-47-44-41-38-35-31-26-23-20-17-14-11-8-5-2/h18,21,27-31,35,53H,4-17,19-20,22-26,32-34,36-52H2,1-3H3/b21-18-,28-27-,30-29-,35-31-. The van der Waals surface area contributed by atoms with Crippen LogP contribution in [0, 0.1) is 0 Å². The van der Waals surface area contributed by atoms with Gasteiger partial charge in [0, 0.05) is 19.3 Å². The highest BCUT2D eigenvalue weighted by Crippen LogP contribution is 2.14. The molecule has 62 heavy (non-hydrogen) atoms. The first-order chi connectivity index (χ1) is 30.5. The number of hydrogen-bond acceptors (Lipinski definition) is 6. The fraction of sp³-hybridized carbons (Fsp3) is 0.804. The fourth-order valence-electron chi connectivity index (χ4n) is 7.48. The second-order valence-corrected chi connectivity index (χ2v) is 17.8. The normalized spacial score (nSPS) is 12.4. The number of esters is 3. The molecule has 0 bridgehead atoms. The molecule has 0 aliphatic carbocycles. The third kappa shape index (κ3) is 48.4. The van der Waals surface area contributed by atoms with Gasteiger partial charge in [0.05, 0.1) is 0 Å². The van der Waals surface area contributed by atoms with Crippen LogP contribution in [0.2, 0.25) is 0 Å². The van der Waals surface area contributed by atoms with Crippen LogP contribution in [0.1, 0.15) is 271 Å². The molecular formula is C56H100O6. The molecule has 360 valence electrons. The lowest BCUT2D eigenvalue weighted by Gasteiger charge is -2.18. The summed E-state index contributed by atoms with van der Waals surface area (Å²) in [6.07, 6.45) is 60.9. The summed E-state index contributed by atoms with van der Waals surface area (Å²) in [7, 11) is 0. The number of carbonyl (C=O) groups excluding carboxylic acids is 3. The van der Waals surface area contributed by atoms with E-state index in [1.165, 1.54) is 135 Å². The van der Waals surface area contributed by atoms with Gasteiger partial charge >= 0.3 is 17.9 Å². The molecule has 0 radical (unpaired) electrons. The van der Waals surface area contributed by atoms with E-state index in [1.807, 2.05) is 0 Å². The van der Waals surface area contributed by atoms with Crippen molar-refractivity contribution < 1.29 is 28.6 Å². The summed E-state index contributed by atoms with van der Waals surface area (Å²) in [6.45, 7) is 6.58. The van der Waals surface area contributed by atoms with Crippen molar-refractivity contribution in [2.45, 2.75) is 277 Å². The minimum absolute atomic E-state index is 0.0879. The van der Waals surface area contributed by atoms with E-state index in [1.54, 1.807) is 0 Å². The number of carbonyl (C=O) groups is 3. The molecule has 0 rings (SSSR count). The quantitative estimate of drug-likeness (QED) is 0.0199. The average molecular weight is 869 g/mol. The van der Waals surface area contributed by atoms with Crippen LogP contribution in [0.4, 0.5) is 0 Å². The Balaban J connectivity index is 4.40. The maximum Gasteiger partial charge on any atom is 0.306 e. The highest BCUT2D eigenvalue weighted by Gasteiger charge is 2.19. The summed E-state index contributed by atoms with van der Waals surface area (Å²) < 4.78 is 16.8. The van der Waals surface area contributed by atoms with Crippen LogP contribution in [-0.4, -0.2) is 37.2 Å². The zero-order chi connectivity index (χ0) is 45.1. The molecule has 0 aromatic heterocycles. The van der Waals surface area contributed by atoms with Crippen molar-refractivity contribution in [2.24, 2.45) is 0 Å². The molecule has 6 nitrogen and oxygen atoms in total. The summed E-state index contributed by atoms with van der Waals surface area (Å²) in [5, 5.41) is 0. The maximum absolute atomic E-state index is 12.8. The van der Waals surface area contributed by atoms with E-state index >= 15 is 0 Å². The van der Waals surface area contributed by atoms with E-state index in [-0.39, 0.29) is 31.1 Å². The third-order valence-electron chi connectivity index (χ3n) is 11.6. The first-order valence-electron chi connectivity index (χ1n) is 26.7. The van der Waals surface area contributed by atoms with Gasteiger partial charge in [-0.2, -0.15) is 0 Å². The molecule has 0 aliphatic rings. The predicted octanol–water partition coefficient (Wildman–Crippen LogP) is 17.5. The molecule has 0 saturated carbocycles. The van der Waals surface area contributed by atoms with Gasteiger partial charge in [0.2, 0.25) is 0 Å². The summed E-state index contributed by atoms with van der Waals surface area (Å²) in [5.74, 6) is -0.921. The molecule has 6 heteroatoms. The summed E-state index contributed by atoms with van der Waals surface area (Å²) in [6, 6.07) is 0. The van der Waals surface area contributed by atoms with Crippen LogP contribution in [0.25, 0.3) is 0 Å². The van der Waals surface area contributed by atoms with Crippen molar-refractivity contribution in [1.82, 2.24) is 0 Å². The number of rotatable bonds is 48. The minimum Gasteiger partial charge on any atom is -0.462 e. The van der Waals surface area contributed by atoms with Crippen molar-refractivity contribution in [1.29, 1.82) is 0 Å². The molecule has 0 aromatic carbocycles. The van der Waals surface area contributed by atoms with Gasteiger partial charge in [-0.1, -0.05) is 204 Å². The first-order valence-corrected chi connectivity index (χ1v) is 26.7. The van der Waals surface area contributed by atoms with E-state index in [0.29, 0.717) is 19.3 Å². The lowest BCUT2D eigenvalue weighted by molar-refractivity contribution is -0.167. The monoisotopic (exact) mass is 869 g/mol. The molecule has 0 aliphatic heterocycles. The summed E-state index contributed by atoms with van der Waals surface area (Å²) >= 11 is 0. The Morgan fingerprint density at radius 1 is 0.323 bits per heavy atom. The molecule has 0 aromatic rings. The molecule has 0 fully saturated rings. The van der Waals surface area contributed by atoms with Gasteiger partial charge in [-0.25, -0.2) is 0 Å². The predicted molar refractivity (Wildman–Crippen MR) is 265 cm³/mol. The van der Waals surface area contributed by atoms with E-state index in [0.717, 1.165) is 96.3 Å². The van der Waals surface area contributed by atoms with E-state index in [9.17, 15) is 14.4 Å². The zero-order valence-corrected chi connectivity index (χ0v) is 41.1. The Morgan fingerprint density at radius 3 is 0.952 bits per heavy atom. The van der Waals surface area contributed by atoms with Crippen LogP contribution >= 0.6 is 0 Å². The largest absolute Gasteiger partial charge is 0.462 e. The van der Waals surface area contributed by atoms with Gasteiger partial charge in [0.15, 0.2) is 6.10 Å². The van der Waals surface area contributed by atoms with Crippen molar-refractivity contribution in [3.63, 3.8) is 0 Å². The van der Waals surface area contributed by atoms with E-state index < -0.39 is 6.10 Å². The number of allylic oxidation sites excluding steroid dienone is 8. The lowest BCUT2D eigenvalue weighted by atomic mass is 10.1. The third-order valence-corrected chi connectivity index (χ3v) is 11.6. The SMILES string of the molecule is CCCCC/C=C\CCCCCCCC(=O)OCC(COC(=O)CCCCCCC/C=C\C=C/CCCCCCCCC)OC(=O)CCCCC/C=C\CCCCCCCCC. The Kier molecular flexibility index (Phi) is 48.8. The van der Waals surface area contributed by atoms with E-state index in [2.05, 4.69) is 69.4 Å². The molecule has 0 spiro atoms. The summed E-state index contributed by atoms with van der Waals surface area (Å²) in [4.78, 5) is 38.0. The van der Waals surface area contributed by atoms with E-state index in [4.69, 9.17) is 14.2 Å². The van der Waals surface area contributed by atoms with Gasteiger partial charge in [-0.3, -0.25) is 14.4 Å². The van der Waals surface area contributed by atoms with Crippen LogP contribution < -0.4 is 0 Å². The highest BCUT2D eigenvalue weighted by atomic mass is 16.6. The molecule has 0 amide bonds. The smallest absolute Gasteiger partial charge is 0.306 e.